The van der Waals surface area contributed by atoms with Gasteiger partial charge in [-0.3, -0.25) is 9.59 Å². The molecular weight excluding hydrogens is 541 g/mol. The largest absolute Gasteiger partial charge is 0.489 e. The number of carbonyl (C=O) groups is 2. The standard InChI is InChI=1S/C25H20BrCl2N3O3/c26-19-5-8-21(9-6-19)31-14-18(11-24(31)32)25(33)30-29-13-16-2-1-3-22(10-16)34-15-17-4-7-20(27)12-23(17)28/h1-10,12-13,18H,11,14-15H2,(H,30,33)/b29-13-/t18-/m1/s1. The van der Waals surface area contributed by atoms with E-state index in [9.17, 15) is 9.59 Å². The van der Waals surface area contributed by atoms with E-state index in [4.69, 9.17) is 27.9 Å². The first kappa shape index (κ1) is 24.3. The Kier molecular flexibility index (Phi) is 7.88. The van der Waals surface area contributed by atoms with Gasteiger partial charge in [0.25, 0.3) is 0 Å². The van der Waals surface area contributed by atoms with Crippen molar-refractivity contribution in [2.75, 3.05) is 11.4 Å². The zero-order valence-electron chi connectivity index (χ0n) is 17.9. The molecule has 3 aromatic carbocycles. The molecule has 0 spiro atoms. The highest BCUT2D eigenvalue weighted by Gasteiger charge is 2.35. The molecule has 34 heavy (non-hydrogen) atoms. The van der Waals surface area contributed by atoms with Crippen molar-refractivity contribution in [3.8, 4) is 5.75 Å². The lowest BCUT2D eigenvalue weighted by molar-refractivity contribution is -0.126. The highest BCUT2D eigenvalue weighted by molar-refractivity contribution is 9.10. The minimum Gasteiger partial charge on any atom is -0.489 e. The van der Waals surface area contributed by atoms with Crippen LogP contribution in [0.4, 0.5) is 5.69 Å². The third-order valence-corrected chi connectivity index (χ3v) is 6.41. The summed E-state index contributed by atoms with van der Waals surface area (Å²) in [6, 6.07) is 19.9. The van der Waals surface area contributed by atoms with Gasteiger partial charge in [0.05, 0.1) is 12.1 Å². The van der Waals surface area contributed by atoms with Crippen molar-refractivity contribution in [3.05, 3.63) is 92.4 Å². The Morgan fingerprint density at radius 1 is 1.15 bits per heavy atom. The van der Waals surface area contributed by atoms with E-state index in [1.54, 1.807) is 23.1 Å². The summed E-state index contributed by atoms with van der Waals surface area (Å²) in [7, 11) is 0. The van der Waals surface area contributed by atoms with Crippen LogP contribution in [0.25, 0.3) is 0 Å². The van der Waals surface area contributed by atoms with Gasteiger partial charge < -0.3 is 9.64 Å². The highest BCUT2D eigenvalue weighted by Crippen LogP contribution is 2.27. The van der Waals surface area contributed by atoms with Crippen molar-refractivity contribution < 1.29 is 14.3 Å². The molecule has 9 heteroatoms. The van der Waals surface area contributed by atoms with Crippen LogP contribution in [0, 0.1) is 5.92 Å². The summed E-state index contributed by atoms with van der Waals surface area (Å²) in [4.78, 5) is 26.5. The predicted molar refractivity (Wildman–Crippen MR) is 138 cm³/mol. The minimum absolute atomic E-state index is 0.0860. The van der Waals surface area contributed by atoms with E-state index in [1.807, 2.05) is 48.5 Å². The number of nitrogens with zero attached hydrogens (tertiary/aromatic N) is 2. The van der Waals surface area contributed by atoms with Crippen LogP contribution in [0.5, 0.6) is 5.75 Å². The van der Waals surface area contributed by atoms with Crippen LogP contribution in [0.1, 0.15) is 17.5 Å². The van der Waals surface area contributed by atoms with Crippen LogP contribution in [0.15, 0.2) is 76.3 Å². The lowest BCUT2D eigenvalue weighted by atomic mass is 10.1. The number of benzene rings is 3. The normalized spacial score (nSPS) is 15.7. The van der Waals surface area contributed by atoms with Crippen LogP contribution in [0.3, 0.4) is 0 Å². The summed E-state index contributed by atoms with van der Waals surface area (Å²) in [5.41, 5.74) is 4.87. The summed E-state index contributed by atoms with van der Waals surface area (Å²) in [6.07, 6.45) is 1.68. The third-order valence-electron chi connectivity index (χ3n) is 5.29. The number of hydrogen-bond acceptors (Lipinski definition) is 4. The first-order valence-electron chi connectivity index (χ1n) is 10.4. The Bertz CT molecular complexity index is 1230. The molecule has 1 N–H and O–H groups in total. The quantitative estimate of drug-likeness (QED) is 0.291. The van der Waals surface area contributed by atoms with Gasteiger partial charge in [-0.2, -0.15) is 5.10 Å². The van der Waals surface area contributed by atoms with Gasteiger partial charge in [-0.1, -0.05) is 57.3 Å². The van der Waals surface area contributed by atoms with Gasteiger partial charge in [0, 0.05) is 38.7 Å². The maximum absolute atomic E-state index is 12.5. The second-order valence-electron chi connectivity index (χ2n) is 7.71. The van der Waals surface area contributed by atoms with Crippen LogP contribution in [-0.4, -0.2) is 24.6 Å². The molecule has 1 saturated heterocycles. The smallest absolute Gasteiger partial charge is 0.245 e. The molecule has 3 aromatic rings. The Balaban J connectivity index is 1.31. The number of hydrogen-bond donors (Lipinski definition) is 1. The number of carbonyl (C=O) groups excluding carboxylic acids is 2. The van der Waals surface area contributed by atoms with Crippen LogP contribution >= 0.6 is 39.1 Å². The Labute approximate surface area is 215 Å². The average Bonchev–Trinajstić information content (AvgIpc) is 3.21. The molecule has 0 bridgehead atoms. The molecule has 1 fully saturated rings. The van der Waals surface area contributed by atoms with Crippen molar-refractivity contribution in [1.82, 2.24) is 5.43 Å². The number of ether oxygens (including phenoxy) is 1. The lowest BCUT2D eigenvalue weighted by Crippen LogP contribution is -2.30. The fraction of sp³-hybridized carbons (Fsp3) is 0.160. The summed E-state index contributed by atoms with van der Waals surface area (Å²) in [5, 5.41) is 5.16. The van der Waals surface area contributed by atoms with E-state index in [0.29, 0.717) is 22.3 Å². The second kappa shape index (κ2) is 11.0. The van der Waals surface area contributed by atoms with Crippen LogP contribution in [0.2, 0.25) is 10.0 Å². The summed E-state index contributed by atoms with van der Waals surface area (Å²) >= 11 is 15.5. The Morgan fingerprint density at radius 2 is 1.94 bits per heavy atom. The van der Waals surface area contributed by atoms with Crippen molar-refractivity contribution in [1.29, 1.82) is 0 Å². The molecule has 0 aliphatic carbocycles. The molecule has 0 radical (unpaired) electrons. The molecule has 1 aliphatic rings. The average molecular weight is 561 g/mol. The Morgan fingerprint density at radius 3 is 2.71 bits per heavy atom. The van der Waals surface area contributed by atoms with Crippen LogP contribution < -0.4 is 15.1 Å². The molecule has 0 saturated carbocycles. The van der Waals surface area contributed by atoms with Crippen molar-refractivity contribution >= 4 is 62.8 Å². The van der Waals surface area contributed by atoms with E-state index in [1.165, 1.54) is 6.21 Å². The second-order valence-corrected chi connectivity index (χ2v) is 9.47. The maximum Gasteiger partial charge on any atom is 0.245 e. The first-order valence-corrected chi connectivity index (χ1v) is 12.0. The highest BCUT2D eigenvalue weighted by atomic mass is 79.9. The van der Waals surface area contributed by atoms with E-state index < -0.39 is 5.92 Å². The van der Waals surface area contributed by atoms with Gasteiger partial charge in [-0.05, 0) is 54.1 Å². The van der Waals surface area contributed by atoms with Gasteiger partial charge in [0.15, 0.2) is 0 Å². The maximum atomic E-state index is 12.5. The number of amides is 2. The summed E-state index contributed by atoms with van der Waals surface area (Å²) in [6.45, 7) is 0.607. The molecule has 0 aromatic heterocycles. The first-order chi connectivity index (χ1) is 16.4. The van der Waals surface area contributed by atoms with E-state index in [-0.39, 0.29) is 24.8 Å². The van der Waals surface area contributed by atoms with Gasteiger partial charge in [-0.15, -0.1) is 0 Å². The van der Waals surface area contributed by atoms with Gasteiger partial charge in [0.1, 0.15) is 12.4 Å². The molecule has 1 aliphatic heterocycles. The molecule has 2 amide bonds. The topological polar surface area (TPSA) is 71.0 Å². The van der Waals surface area contributed by atoms with E-state index >= 15 is 0 Å². The SMILES string of the molecule is O=C(N/N=C\c1cccc(OCc2ccc(Cl)cc2Cl)c1)[C@@H]1CC(=O)N(c2ccc(Br)cc2)C1. The summed E-state index contributed by atoms with van der Waals surface area (Å²) < 4.78 is 6.74. The number of rotatable bonds is 7. The van der Waals surface area contributed by atoms with Crippen molar-refractivity contribution in [3.63, 3.8) is 0 Å². The predicted octanol–water partition coefficient (Wildman–Crippen LogP) is 5.84. The molecule has 4 rings (SSSR count). The van der Waals surface area contributed by atoms with Gasteiger partial charge in [0.2, 0.25) is 11.8 Å². The molecule has 0 unspecified atom stereocenters. The number of halogens is 3. The fourth-order valence-electron chi connectivity index (χ4n) is 3.50. The fourth-order valence-corrected chi connectivity index (χ4v) is 4.23. The molecule has 1 heterocycles. The molecule has 1 atom stereocenters. The van der Waals surface area contributed by atoms with Gasteiger partial charge in [-0.25, -0.2) is 5.43 Å². The molecule has 6 nitrogen and oxygen atoms in total. The number of nitrogens with one attached hydrogen (secondary N) is 1. The summed E-state index contributed by atoms with van der Waals surface area (Å²) in [5.74, 6) is -0.217. The zero-order chi connectivity index (χ0) is 24.1. The minimum atomic E-state index is -0.466. The number of hydrazone groups is 1. The molecular formula is C25H20BrCl2N3O3. The van der Waals surface area contributed by atoms with Crippen molar-refractivity contribution in [2.24, 2.45) is 11.0 Å². The van der Waals surface area contributed by atoms with E-state index in [2.05, 4.69) is 26.5 Å². The molecule has 174 valence electrons. The third kappa shape index (κ3) is 6.17. The zero-order valence-corrected chi connectivity index (χ0v) is 21.0. The monoisotopic (exact) mass is 559 g/mol. The number of anilines is 1. The van der Waals surface area contributed by atoms with Crippen molar-refractivity contribution in [2.45, 2.75) is 13.0 Å². The van der Waals surface area contributed by atoms with E-state index in [0.717, 1.165) is 21.3 Å². The van der Waals surface area contributed by atoms with Gasteiger partial charge >= 0.3 is 0 Å². The lowest BCUT2D eigenvalue weighted by Gasteiger charge is -2.16. The van der Waals surface area contributed by atoms with Crippen LogP contribution in [-0.2, 0) is 16.2 Å². The Hall–Kier alpha value is -2.87.